The second-order valence-corrected chi connectivity index (χ2v) is 7.39. The maximum atomic E-state index is 12.6. The molecule has 0 unspecified atom stereocenters. The van der Waals surface area contributed by atoms with Gasteiger partial charge in [0.1, 0.15) is 0 Å². The Morgan fingerprint density at radius 1 is 1.36 bits per heavy atom. The Labute approximate surface area is 166 Å². The Morgan fingerprint density at radius 3 is 2.86 bits per heavy atom. The fraction of sp³-hybridized carbons (Fsp3) is 0.524. The summed E-state index contributed by atoms with van der Waals surface area (Å²) >= 11 is 0. The summed E-state index contributed by atoms with van der Waals surface area (Å²) in [6.07, 6.45) is 3.12. The summed E-state index contributed by atoms with van der Waals surface area (Å²) in [5.74, 6) is 0. The third-order valence-electron chi connectivity index (χ3n) is 5.33. The van der Waals surface area contributed by atoms with Gasteiger partial charge in [0.15, 0.2) is 0 Å². The molecule has 1 aliphatic heterocycles. The van der Waals surface area contributed by atoms with Crippen LogP contribution in [0.1, 0.15) is 30.6 Å². The number of aliphatic hydroxyl groups excluding tert-OH is 1. The van der Waals surface area contributed by atoms with E-state index in [9.17, 15) is 9.90 Å². The molecule has 1 N–H and O–H groups in total. The molecule has 0 aliphatic carbocycles. The Kier molecular flexibility index (Phi) is 7.19. The standard InChI is InChI=1S/C21H30N4O3/c1-23(11-12-28-2)19-13-21(27)25(22-14-19)18-9-6-10-24(15-18)16-20(26)17-7-4-3-5-8-17/h3-5,7-8,13-14,18,20,26H,6,9-12,15-16H2,1-2H3/t18-,20+/m0/s1. The smallest absolute Gasteiger partial charge is 0.269 e. The number of piperidine rings is 1. The van der Waals surface area contributed by atoms with Gasteiger partial charge in [-0.3, -0.25) is 9.69 Å². The minimum absolute atomic E-state index is 0.0301. The van der Waals surface area contributed by atoms with Gasteiger partial charge < -0.3 is 14.7 Å². The average Bonchev–Trinajstić information content (AvgIpc) is 2.72. The highest BCUT2D eigenvalue weighted by molar-refractivity contribution is 5.41. The highest BCUT2D eigenvalue weighted by Crippen LogP contribution is 2.22. The van der Waals surface area contributed by atoms with E-state index in [-0.39, 0.29) is 11.6 Å². The number of rotatable bonds is 8. The van der Waals surface area contributed by atoms with Crippen LogP contribution in [0.4, 0.5) is 5.69 Å². The van der Waals surface area contributed by atoms with E-state index in [0.717, 1.165) is 37.2 Å². The normalized spacial score (nSPS) is 18.8. The first kappa shape index (κ1) is 20.5. The molecule has 1 aromatic carbocycles. The van der Waals surface area contributed by atoms with Crippen molar-refractivity contribution in [2.75, 3.05) is 51.8 Å². The van der Waals surface area contributed by atoms with Gasteiger partial charge in [-0.2, -0.15) is 5.10 Å². The first-order chi connectivity index (χ1) is 13.6. The zero-order valence-electron chi connectivity index (χ0n) is 16.7. The van der Waals surface area contributed by atoms with Crippen molar-refractivity contribution in [2.24, 2.45) is 0 Å². The van der Waals surface area contributed by atoms with Gasteiger partial charge in [0.05, 0.1) is 30.6 Å². The molecule has 152 valence electrons. The second-order valence-electron chi connectivity index (χ2n) is 7.39. The number of benzene rings is 1. The van der Waals surface area contributed by atoms with Crippen LogP contribution >= 0.6 is 0 Å². The second kappa shape index (κ2) is 9.82. The van der Waals surface area contributed by atoms with Crippen molar-refractivity contribution in [3.8, 4) is 0 Å². The molecule has 3 rings (SSSR count). The lowest BCUT2D eigenvalue weighted by Crippen LogP contribution is -2.42. The topological polar surface area (TPSA) is 70.8 Å². The molecular formula is C21H30N4O3. The minimum Gasteiger partial charge on any atom is -0.387 e. The van der Waals surface area contributed by atoms with Crippen molar-refractivity contribution in [1.29, 1.82) is 0 Å². The van der Waals surface area contributed by atoms with Crippen LogP contribution in [0, 0.1) is 0 Å². The first-order valence-corrected chi connectivity index (χ1v) is 9.83. The molecule has 28 heavy (non-hydrogen) atoms. The predicted molar refractivity (Wildman–Crippen MR) is 110 cm³/mol. The largest absolute Gasteiger partial charge is 0.387 e. The molecule has 1 aliphatic rings. The highest BCUT2D eigenvalue weighted by Gasteiger charge is 2.25. The molecule has 1 aromatic heterocycles. The average molecular weight is 386 g/mol. The molecule has 1 saturated heterocycles. The van der Waals surface area contributed by atoms with E-state index in [1.807, 2.05) is 42.3 Å². The van der Waals surface area contributed by atoms with Crippen molar-refractivity contribution < 1.29 is 9.84 Å². The number of β-amino-alcohol motifs (C(OH)–C–C–N with tert-alkyl or cyclic N) is 1. The number of methoxy groups -OCH3 is 1. The van der Waals surface area contributed by atoms with Crippen LogP contribution in [0.3, 0.4) is 0 Å². The van der Waals surface area contributed by atoms with Gasteiger partial charge in [0.25, 0.3) is 5.56 Å². The van der Waals surface area contributed by atoms with Gasteiger partial charge in [-0.1, -0.05) is 30.3 Å². The number of hydrogen-bond donors (Lipinski definition) is 1. The summed E-state index contributed by atoms with van der Waals surface area (Å²) in [7, 11) is 3.58. The number of hydrogen-bond acceptors (Lipinski definition) is 6. The summed E-state index contributed by atoms with van der Waals surface area (Å²) in [6.45, 7) is 3.51. The summed E-state index contributed by atoms with van der Waals surface area (Å²) in [4.78, 5) is 16.8. The maximum absolute atomic E-state index is 12.6. The molecule has 0 saturated carbocycles. The quantitative estimate of drug-likeness (QED) is 0.745. The Hall–Kier alpha value is -2.22. The van der Waals surface area contributed by atoms with E-state index >= 15 is 0 Å². The van der Waals surface area contributed by atoms with Crippen molar-refractivity contribution in [2.45, 2.75) is 25.0 Å². The summed E-state index contributed by atoms with van der Waals surface area (Å²) in [6, 6.07) is 11.4. The van der Waals surface area contributed by atoms with E-state index in [2.05, 4.69) is 10.00 Å². The fourth-order valence-electron chi connectivity index (χ4n) is 3.67. The molecule has 1 fully saturated rings. The zero-order valence-corrected chi connectivity index (χ0v) is 16.7. The minimum atomic E-state index is -0.526. The van der Waals surface area contributed by atoms with Crippen LogP contribution in [0.15, 0.2) is 47.4 Å². The monoisotopic (exact) mass is 386 g/mol. The van der Waals surface area contributed by atoms with Crippen LogP contribution in [0.5, 0.6) is 0 Å². The Morgan fingerprint density at radius 2 is 2.14 bits per heavy atom. The summed E-state index contributed by atoms with van der Waals surface area (Å²) in [5.41, 5.74) is 1.63. The third-order valence-corrected chi connectivity index (χ3v) is 5.33. The van der Waals surface area contributed by atoms with E-state index in [4.69, 9.17) is 4.74 Å². The summed E-state index contributed by atoms with van der Waals surface area (Å²) < 4.78 is 6.68. The number of aliphatic hydroxyl groups is 1. The van der Waals surface area contributed by atoms with Gasteiger partial charge >= 0.3 is 0 Å². The SMILES string of the molecule is COCCN(C)c1cnn([C@H]2CCCN(C[C@@H](O)c3ccccc3)C2)c(=O)c1. The van der Waals surface area contributed by atoms with Crippen molar-refractivity contribution in [1.82, 2.24) is 14.7 Å². The van der Waals surface area contributed by atoms with E-state index in [1.165, 1.54) is 0 Å². The maximum Gasteiger partial charge on any atom is 0.269 e. The molecule has 7 heteroatoms. The van der Waals surface area contributed by atoms with Crippen LogP contribution in [-0.2, 0) is 4.74 Å². The Bertz CT molecular complexity index is 796. The lowest BCUT2D eigenvalue weighted by molar-refractivity contribution is 0.0830. The van der Waals surface area contributed by atoms with Gasteiger partial charge in [0, 0.05) is 39.9 Å². The van der Waals surface area contributed by atoms with Crippen molar-refractivity contribution >= 4 is 5.69 Å². The first-order valence-electron chi connectivity index (χ1n) is 9.83. The number of nitrogens with zero attached hydrogens (tertiary/aromatic N) is 4. The van der Waals surface area contributed by atoms with Gasteiger partial charge in [-0.15, -0.1) is 0 Å². The molecule has 0 amide bonds. The number of anilines is 1. The van der Waals surface area contributed by atoms with Crippen LogP contribution in [-0.4, -0.2) is 66.7 Å². The van der Waals surface area contributed by atoms with Crippen molar-refractivity contribution in [3.63, 3.8) is 0 Å². The van der Waals surface area contributed by atoms with Gasteiger partial charge in [0.2, 0.25) is 0 Å². The number of likely N-dealkylation sites (tertiary alicyclic amines) is 1. The van der Waals surface area contributed by atoms with Crippen LogP contribution in [0.2, 0.25) is 0 Å². The predicted octanol–water partition coefficient (Wildman–Crippen LogP) is 1.70. The lowest BCUT2D eigenvalue weighted by Gasteiger charge is -2.34. The lowest BCUT2D eigenvalue weighted by atomic mass is 10.0. The van der Waals surface area contributed by atoms with Gasteiger partial charge in [-0.05, 0) is 24.9 Å². The zero-order chi connectivity index (χ0) is 19.9. The number of likely N-dealkylation sites (N-methyl/N-ethyl adjacent to an activating group) is 1. The molecule has 0 radical (unpaired) electrons. The van der Waals surface area contributed by atoms with E-state index < -0.39 is 6.10 Å². The molecule has 0 bridgehead atoms. The van der Waals surface area contributed by atoms with Gasteiger partial charge in [-0.25, -0.2) is 4.68 Å². The molecule has 2 atom stereocenters. The molecule has 0 spiro atoms. The fourth-order valence-corrected chi connectivity index (χ4v) is 3.67. The van der Waals surface area contributed by atoms with Crippen LogP contribution < -0.4 is 10.5 Å². The molecular weight excluding hydrogens is 356 g/mol. The molecule has 2 heterocycles. The molecule has 2 aromatic rings. The highest BCUT2D eigenvalue weighted by atomic mass is 16.5. The number of ether oxygens (including phenoxy) is 1. The Balaban J connectivity index is 1.64. The third kappa shape index (κ3) is 5.19. The number of aromatic nitrogens is 2. The van der Waals surface area contributed by atoms with Crippen molar-refractivity contribution in [3.05, 3.63) is 58.5 Å². The van der Waals surface area contributed by atoms with Crippen LogP contribution in [0.25, 0.3) is 0 Å². The van der Waals surface area contributed by atoms with E-state index in [0.29, 0.717) is 19.7 Å². The van der Waals surface area contributed by atoms with E-state index in [1.54, 1.807) is 24.1 Å². The molecule has 7 nitrogen and oxygen atoms in total. The summed E-state index contributed by atoms with van der Waals surface area (Å²) in [5, 5.41) is 14.9.